The van der Waals surface area contributed by atoms with E-state index in [0.717, 1.165) is 50.2 Å². The van der Waals surface area contributed by atoms with Crippen molar-refractivity contribution in [2.75, 3.05) is 26.7 Å². The molecule has 8 nitrogen and oxygen atoms in total. The van der Waals surface area contributed by atoms with Gasteiger partial charge in [0.2, 0.25) is 5.91 Å². The van der Waals surface area contributed by atoms with Crippen LogP contribution in [0.4, 0.5) is 4.39 Å². The number of methoxy groups -OCH3 is 1. The number of para-hydroxylation sites is 1. The molecule has 0 unspecified atom stereocenters. The number of hydrogen-bond donors (Lipinski definition) is 3. The van der Waals surface area contributed by atoms with Crippen molar-refractivity contribution in [3.63, 3.8) is 0 Å². The number of nitrogens with zero attached hydrogens (tertiary/aromatic N) is 1. The molecule has 1 aliphatic heterocycles. The number of ether oxygens (including phenoxy) is 1. The Labute approximate surface area is 223 Å². The SMILES string of the molecule is COc1ccccc1CCN1CCC(C(=O)N[C@@H](c2ccc(F)cc2)C(C)C)CC1.O=C(O)/C=C/C(=O)O. The Morgan fingerprint density at radius 1 is 1.03 bits per heavy atom. The van der Waals surface area contributed by atoms with Gasteiger partial charge in [-0.1, -0.05) is 44.2 Å². The number of carbonyl (C=O) groups is 3. The van der Waals surface area contributed by atoms with E-state index in [4.69, 9.17) is 14.9 Å². The quantitative estimate of drug-likeness (QED) is 0.394. The first kappa shape index (κ1) is 30.5. The van der Waals surface area contributed by atoms with Gasteiger partial charge in [-0.25, -0.2) is 14.0 Å². The van der Waals surface area contributed by atoms with E-state index >= 15 is 0 Å². The maximum Gasteiger partial charge on any atom is 0.328 e. The number of likely N-dealkylation sites (tertiary alicyclic amines) is 1. The average molecular weight is 529 g/mol. The van der Waals surface area contributed by atoms with Crippen LogP contribution in [-0.4, -0.2) is 59.7 Å². The fourth-order valence-corrected chi connectivity index (χ4v) is 4.33. The molecule has 1 saturated heterocycles. The monoisotopic (exact) mass is 528 g/mol. The van der Waals surface area contributed by atoms with Crippen LogP contribution >= 0.6 is 0 Å². The van der Waals surface area contributed by atoms with Crippen molar-refractivity contribution < 1.29 is 33.7 Å². The molecule has 38 heavy (non-hydrogen) atoms. The van der Waals surface area contributed by atoms with E-state index in [0.29, 0.717) is 12.2 Å². The Balaban J connectivity index is 0.000000550. The molecule has 2 aromatic rings. The number of nitrogens with one attached hydrogen (secondary N) is 1. The number of halogens is 1. The van der Waals surface area contributed by atoms with Gasteiger partial charge < -0.3 is 25.2 Å². The highest BCUT2D eigenvalue weighted by Crippen LogP contribution is 2.25. The molecular weight excluding hydrogens is 491 g/mol. The van der Waals surface area contributed by atoms with E-state index in [1.54, 1.807) is 19.2 Å². The lowest BCUT2D eigenvalue weighted by molar-refractivity contribution is -0.134. The van der Waals surface area contributed by atoms with E-state index in [2.05, 4.69) is 30.1 Å². The first-order chi connectivity index (χ1) is 18.1. The lowest BCUT2D eigenvalue weighted by Crippen LogP contribution is -2.42. The third-order valence-electron chi connectivity index (χ3n) is 6.41. The fraction of sp³-hybridized carbons (Fsp3) is 0.414. The molecule has 1 fully saturated rings. The lowest BCUT2D eigenvalue weighted by Gasteiger charge is -2.33. The van der Waals surface area contributed by atoms with Crippen LogP contribution in [0.25, 0.3) is 0 Å². The molecule has 1 heterocycles. The topological polar surface area (TPSA) is 116 Å². The molecule has 2 aromatic carbocycles. The number of aliphatic carboxylic acids is 2. The van der Waals surface area contributed by atoms with Gasteiger partial charge in [-0.3, -0.25) is 4.79 Å². The summed E-state index contributed by atoms with van der Waals surface area (Å²) in [6.07, 6.45) is 3.80. The molecule has 1 aliphatic rings. The molecule has 0 aliphatic carbocycles. The van der Waals surface area contributed by atoms with Gasteiger partial charge in [-0.2, -0.15) is 0 Å². The largest absolute Gasteiger partial charge is 0.496 e. The van der Waals surface area contributed by atoms with Gasteiger partial charge in [0.15, 0.2) is 0 Å². The van der Waals surface area contributed by atoms with Crippen LogP contribution < -0.4 is 10.1 Å². The van der Waals surface area contributed by atoms with Crippen LogP contribution in [-0.2, 0) is 20.8 Å². The fourth-order valence-electron chi connectivity index (χ4n) is 4.33. The third-order valence-corrected chi connectivity index (χ3v) is 6.41. The molecule has 0 radical (unpaired) electrons. The zero-order valence-corrected chi connectivity index (χ0v) is 22.1. The van der Waals surface area contributed by atoms with Gasteiger partial charge in [-0.05, 0) is 67.6 Å². The second kappa shape index (κ2) is 15.5. The number of hydrogen-bond acceptors (Lipinski definition) is 5. The molecule has 3 rings (SSSR count). The van der Waals surface area contributed by atoms with E-state index in [-0.39, 0.29) is 29.6 Å². The minimum absolute atomic E-state index is 0.0363. The van der Waals surface area contributed by atoms with Gasteiger partial charge >= 0.3 is 11.9 Å². The molecule has 0 spiro atoms. The zero-order chi connectivity index (χ0) is 28.1. The molecule has 206 valence electrons. The number of carbonyl (C=O) groups excluding carboxylic acids is 1. The van der Waals surface area contributed by atoms with Crippen LogP contribution in [0, 0.1) is 17.7 Å². The van der Waals surface area contributed by atoms with Crippen LogP contribution in [0.3, 0.4) is 0 Å². The highest BCUT2D eigenvalue weighted by atomic mass is 19.1. The second-order valence-electron chi connectivity index (χ2n) is 9.47. The molecule has 1 amide bonds. The van der Waals surface area contributed by atoms with Crippen molar-refractivity contribution in [3.05, 3.63) is 77.6 Å². The van der Waals surface area contributed by atoms with Gasteiger partial charge in [-0.15, -0.1) is 0 Å². The minimum atomic E-state index is -1.26. The normalized spacial score (nSPS) is 15.0. The summed E-state index contributed by atoms with van der Waals surface area (Å²) in [5.74, 6) is -1.45. The maximum absolute atomic E-state index is 13.3. The molecule has 3 N–H and O–H groups in total. The number of benzene rings is 2. The third kappa shape index (κ3) is 10.3. The number of piperidine rings is 1. The van der Waals surface area contributed by atoms with Gasteiger partial charge in [0.1, 0.15) is 11.6 Å². The van der Waals surface area contributed by atoms with Gasteiger partial charge in [0.05, 0.1) is 13.2 Å². The van der Waals surface area contributed by atoms with Crippen LogP contribution in [0.15, 0.2) is 60.7 Å². The van der Waals surface area contributed by atoms with Crippen LogP contribution in [0.2, 0.25) is 0 Å². The summed E-state index contributed by atoms with van der Waals surface area (Å²) < 4.78 is 18.7. The van der Waals surface area contributed by atoms with Crippen LogP contribution in [0.5, 0.6) is 5.75 Å². The Morgan fingerprint density at radius 2 is 1.61 bits per heavy atom. The van der Waals surface area contributed by atoms with Gasteiger partial charge in [0.25, 0.3) is 0 Å². The number of carboxylic acids is 2. The average Bonchev–Trinajstić information content (AvgIpc) is 2.90. The summed E-state index contributed by atoms with van der Waals surface area (Å²) in [6, 6.07) is 14.5. The van der Waals surface area contributed by atoms with Crippen molar-refractivity contribution in [2.24, 2.45) is 11.8 Å². The van der Waals surface area contributed by atoms with Crippen molar-refractivity contribution in [2.45, 2.75) is 39.2 Å². The summed E-state index contributed by atoms with van der Waals surface area (Å²) >= 11 is 0. The molecular formula is C29H37FN2O6. The van der Waals surface area contributed by atoms with E-state index in [1.165, 1.54) is 17.7 Å². The van der Waals surface area contributed by atoms with E-state index < -0.39 is 11.9 Å². The highest BCUT2D eigenvalue weighted by molar-refractivity contribution is 5.89. The van der Waals surface area contributed by atoms with E-state index in [9.17, 15) is 18.8 Å². The second-order valence-corrected chi connectivity index (χ2v) is 9.47. The molecule has 1 atom stereocenters. The van der Waals surface area contributed by atoms with Crippen molar-refractivity contribution >= 4 is 17.8 Å². The first-order valence-corrected chi connectivity index (χ1v) is 12.6. The summed E-state index contributed by atoms with van der Waals surface area (Å²) in [6.45, 7) is 6.98. The summed E-state index contributed by atoms with van der Waals surface area (Å²) in [5.41, 5.74) is 2.17. The molecule has 9 heteroatoms. The maximum atomic E-state index is 13.3. The standard InChI is InChI=1S/C25H33FN2O2.C4H4O4/c1-18(2)24(20-8-10-22(26)11-9-20)27-25(29)21-13-16-28(17-14-21)15-12-19-6-4-5-7-23(19)30-3;5-3(6)1-2-4(7)8/h4-11,18,21,24H,12-17H2,1-3H3,(H,27,29);1-2H,(H,5,6)(H,7,8)/b;2-1+/t24-;/m1./s1. The summed E-state index contributed by atoms with van der Waals surface area (Å²) in [5, 5.41) is 18.8. The molecule has 0 aromatic heterocycles. The lowest BCUT2D eigenvalue weighted by atomic mass is 9.92. The summed E-state index contributed by atoms with van der Waals surface area (Å²) in [4.78, 5) is 34.4. The number of carboxylic acid groups (broad SMARTS) is 2. The highest BCUT2D eigenvalue weighted by Gasteiger charge is 2.28. The number of rotatable bonds is 10. The van der Waals surface area contributed by atoms with Crippen molar-refractivity contribution in [1.82, 2.24) is 10.2 Å². The van der Waals surface area contributed by atoms with Crippen molar-refractivity contribution in [1.29, 1.82) is 0 Å². The smallest absolute Gasteiger partial charge is 0.328 e. The first-order valence-electron chi connectivity index (χ1n) is 12.6. The zero-order valence-electron chi connectivity index (χ0n) is 22.1. The predicted octanol–water partition coefficient (Wildman–Crippen LogP) is 4.31. The Morgan fingerprint density at radius 3 is 2.13 bits per heavy atom. The molecule has 0 saturated carbocycles. The van der Waals surface area contributed by atoms with Crippen molar-refractivity contribution in [3.8, 4) is 5.75 Å². The predicted molar refractivity (Wildman–Crippen MR) is 142 cm³/mol. The van der Waals surface area contributed by atoms with E-state index in [1.807, 2.05) is 18.2 Å². The minimum Gasteiger partial charge on any atom is -0.496 e. The van der Waals surface area contributed by atoms with Gasteiger partial charge in [0, 0.05) is 24.6 Å². The number of amides is 1. The Kier molecular flexibility index (Phi) is 12.5. The Hall–Kier alpha value is -3.72. The molecule has 0 bridgehead atoms. The van der Waals surface area contributed by atoms with Crippen LogP contribution in [0.1, 0.15) is 43.9 Å². The summed E-state index contributed by atoms with van der Waals surface area (Å²) in [7, 11) is 1.71. The Bertz CT molecular complexity index is 1060.